The first-order valence-electron chi connectivity index (χ1n) is 10.6. The number of carbonyl (C=O) groups is 1. The minimum atomic E-state index is -0.306. The SMILES string of the molecule is CC(C)(C)c1ccc(NC(=O)N2CCC(c3nnc(-c4ccc(F)cc4)o3)CC2)cc1. The highest BCUT2D eigenvalue weighted by atomic mass is 19.1. The van der Waals surface area contributed by atoms with Gasteiger partial charge < -0.3 is 14.6 Å². The van der Waals surface area contributed by atoms with Gasteiger partial charge in [-0.25, -0.2) is 9.18 Å². The molecular formula is C24H27FN4O2. The summed E-state index contributed by atoms with van der Waals surface area (Å²) in [7, 11) is 0. The number of urea groups is 1. The van der Waals surface area contributed by atoms with Crippen LogP contribution in [0.1, 0.15) is 51.0 Å². The van der Waals surface area contributed by atoms with Crippen LogP contribution >= 0.6 is 0 Å². The highest BCUT2D eigenvalue weighted by molar-refractivity contribution is 5.89. The molecule has 3 aromatic rings. The number of nitrogens with zero attached hydrogens (tertiary/aromatic N) is 3. The molecule has 4 rings (SSSR count). The van der Waals surface area contributed by atoms with E-state index in [2.05, 4.69) is 48.4 Å². The molecule has 1 aliphatic heterocycles. The van der Waals surface area contributed by atoms with Crippen LogP contribution in [0.15, 0.2) is 52.9 Å². The number of benzene rings is 2. The van der Waals surface area contributed by atoms with Crippen LogP contribution in [-0.4, -0.2) is 34.2 Å². The Labute approximate surface area is 181 Å². The van der Waals surface area contributed by atoms with E-state index >= 15 is 0 Å². The van der Waals surface area contributed by atoms with Gasteiger partial charge in [0.2, 0.25) is 11.8 Å². The van der Waals surface area contributed by atoms with Gasteiger partial charge in [0.25, 0.3) is 0 Å². The number of hydrogen-bond acceptors (Lipinski definition) is 4. The predicted molar refractivity (Wildman–Crippen MR) is 117 cm³/mol. The number of rotatable bonds is 3. The van der Waals surface area contributed by atoms with Gasteiger partial charge in [-0.3, -0.25) is 0 Å². The van der Waals surface area contributed by atoms with Gasteiger partial charge in [0.1, 0.15) is 5.82 Å². The molecule has 1 aromatic heterocycles. The van der Waals surface area contributed by atoms with E-state index in [1.165, 1.54) is 17.7 Å². The lowest BCUT2D eigenvalue weighted by Gasteiger charge is -2.30. The fraction of sp³-hybridized carbons (Fsp3) is 0.375. The number of piperidine rings is 1. The summed E-state index contributed by atoms with van der Waals surface area (Å²) in [6.45, 7) is 7.72. The minimum Gasteiger partial charge on any atom is -0.420 e. The average Bonchev–Trinajstić information content (AvgIpc) is 3.24. The molecule has 0 aliphatic carbocycles. The van der Waals surface area contributed by atoms with Crippen molar-refractivity contribution in [2.45, 2.75) is 44.9 Å². The maximum atomic E-state index is 13.1. The molecule has 2 aromatic carbocycles. The Morgan fingerprint density at radius 1 is 1.03 bits per heavy atom. The van der Waals surface area contributed by atoms with Crippen LogP contribution in [0.2, 0.25) is 0 Å². The molecule has 2 amide bonds. The van der Waals surface area contributed by atoms with Gasteiger partial charge in [-0.05, 0) is 60.2 Å². The van der Waals surface area contributed by atoms with Crippen LogP contribution < -0.4 is 5.32 Å². The molecule has 0 unspecified atom stereocenters. The summed E-state index contributed by atoms with van der Waals surface area (Å²) >= 11 is 0. The second-order valence-electron chi connectivity index (χ2n) is 8.97. The van der Waals surface area contributed by atoms with Crippen molar-refractivity contribution in [1.82, 2.24) is 15.1 Å². The van der Waals surface area contributed by atoms with Crippen molar-refractivity contribution >= 4 is 11.7 Å². The molecule has 0 atom stereocenters. The smallest absolute Gasteiger partial charge is 0.321 e. The van der Waals surface area contributed by atoms with Crippen LogP contribution in [0, 0.1) is 5.82 Å². The second-order valence-corrected chi connectivity index (χ2v) is 8.97. The maximum Gasteiger partial charge on any atom is 0.321 e. The van der Waals surface area contributed by atoms with Gasteiger partial charge >= 0.3 is 6.03 Å². The van der Waals surface area contributed by atoms with Crippen molar-refractivity contribution in [3.8, 4) is 11.5 Å². The highest BCUT2D eigenvalue weighted by Gasteiger charge is 2.27. The number of aromatic nitrogens is 2. The third kappa shape index (κ3) is 4.93. The summed E-state index contributed by atoms with van der Waals surface area (Å²) in [5.41, 5.74) is 2.79. The van der Waals surface area contributed by atoms with Gasteiger partial charge in [0.05, 0.1) is 0 Å². The Morgan fingerprint density at radius 3 is 2.29 bits per heavy atom. The lowest BCUT2D eigenvalue weighted by Crippen LogP contribution is -2.40. The zero-order valence-corrected chi connectivity index (χ0v) is 18.1. The van der Waals surface area contributed by atoms with Crippen molar-refractivity contribution in [3.05, 3.63) is 65.8 Å². The summed E-state index contributed by atoms with van der Waals surface area (Å²) < 4.78 is 18.9. The molecule has 0 saturated carbocycles. The van der Waals surface area contributed by atoms with Crippen molar-refractivity contribution in [2.75, 3.05) is 18.4 Å². The number of nitrogens with one attached hydrogen (secondary N) is 1. The lowest BCUT2D eigenvalue weighted by atomic mass is 9.87. The maximum absolute atomic E-state index is 13.1. The molecule has 2 heterocycles. The van der Waals surface area contributed by atoms with Crippen molar-refractivity contribution in [1.29, 1.82) is 0 Å². The quantitative estimate of drug-likeness (QED) is 0.598. The molecule has 31 heavy (non-hydrogen) atoms. The molecule has 6 nitrogen and oxygen atoms in total. The van der Waals surface area contributed by atoms with E-state index < -0.39 is 0 Å². The van der Waals surface area contributed by atoms with E-state index in [0.29, 0.717) is 30.4 Å². The van der Waals surface area contributed by atoms with Gasteiger partial charge in [-0.2, -0.15) is 0 Å². The van der Waals surface area contributed by atoms with Crippen LogP contribution in [0.3, 0.4) is 0 Å². The number of likely N-dealkylation sites (tertiary alicyclic amines) is 1. The highest BCUT2D eigenvalue weighted by Crippen LogP contribution is 2.30. The number of amides is 2. The Kier molecular flexibility index (Phi) is 5.76. The fourth-order valence-electron chi connectivity index (χ4n) is 3.69. The van der Waals surface area contributed by atoms with E-state index in [0.717, 1.165) is 18.5 Å². The standard InChI is InChI=1S/C24H27FN4O2/c1-24(2,3)18-6-10-20(11-7-18)26-23(30)29-14-12-17(13-15-29)22-28-27-21(31-22)16-4-8-19(25)9-5-16/h4-11,17H,12-15H2,1-3H3,(H,26,30). The number of hydrogen-bond donors (Lipinski definition) is 1. The summed E-state index contributed by atoms with van der Waals surface area (Å²) in [6.07, 6.45) is 1.50. The van der Waals surface area contributed by atoms with E-state index in [9.17, 15) is 9.18 Å². The zero-order valence-electron chi connectivity index (χ0n) is 18.1. The number of halogens is 1. The molecule has 1 fully saturated rings. The predicted octanol–water partition coefficient (Wildman–Crippen LogP) is 5.58. The lowest BCUT2D eigenvalue weighted by molar-refractivity contribution is 0.190. The fourth-order valence-corrected chi connectivity index (χ4v) is 3.69. The second kappa shape index (κ2) is 8.49. The first-order valence-corrected chi connectivity index (χ1v) is 10.6. The first-order chi connectivity index (χ1) is 14.8. The molecule has 1 aliphatic rings. The van der Waals surface area contributed by atoms with Gasteiger partial charge in [-0.1, -0.05) is 32.9 Å². The molecular weight excluding hydrogens is 395 g/mol. The number of carbonyl (C=O) groups excluding carboxylic acids is 1. The molecule has 7 heteroatoms. The zero-order chi connectivity index (χ0) is 22.0. The Hall–Kier alpha value is -3.22. The Bertz CT molecular complexity index is 1030. The summed E-state index contributed by atoms with van der Waals surface area (Å²) in [5.74, 6) is 0.752. The largest absolute Gasteiger partial charge is 0.420 e. The topological polar surface area (TPSA) is 71.3 Å². The van der Waals surface area contributed by atoms with E-state index in [1.807, 2.05) is 17.0 Å². The van der Waals surface area contributed by atoms with Crippen LogP contribution in [0.5, 0.6) is 0 Å². The molecule has 1 saturated heterocycles. The van der Waals surface area contributed by atoms with Crippen LogP contribution in [0.4, 0.5) is 14.9 Å². The normalized spacial score (nSPS) is 15.2. The average molecular weight is 423 g/mol. The third-order valence-corrected chi connectivity index (χ3v) is 5.67. The molecule has 1 N–H and O–H groups in total. The van der Waals surface area contributed by atoms with E-state index in [4.69, 9.17) is 4.42 Å². The Balaban J connectivity index is 1.32. The Morgan fingerprint density at radius 2 is 1.68 bits per heavy atom. The number of anilines is 1. The van der Waals surface area contributed by atoms with Gasteiger partial charge in [0.15, 0.2) is 0 Å². The molecule has 0 bridgehead atoms. The minimum absolute atomic E-state index is 0.0791. The summed E-state index contributed by atoms with van der Waals surface area (Å²) in [5, 5.41) is 11.2. The van der Waals surface area contributed by atoms with Gasteiger partial charge in [-0.15, -0.1) is 10.2 Å². The summed E-state index contributed by atoms with van der Waals surface area (Å²) in [6, 6.07) is 13.9. The van der Waals surface area contributed by atoms with Gasteiger partial charge in [0, 0.05) is 30.3 Å². The third-order valence-electron chi connectivity index (χ3n) is 5.67. The first kappa shape index (κ1) is 21.0. The van der Waals surface area contributed by atoms with Crippen LogP contribution in [0.25, 0.3) is 11.5 Å². The van der Waals surface area contributed by atoms with Crippen molar-refractivity contribution < 1.29 is 13.6 Å². The summed E-state index contributed by atoms with van der Waals surface area (Å²) in [4.78, 5) is 14.5. The van der Waals surface area contributed by atoms with Crippen molar-refractivity contribution in [2.24, 2.45) is 0 Å². The molecule has 162 valence electrons. The van der Waals surface area contributed by atoms with Crippen LogP contribution in [-0.2, 0) is 5.41 Å². The molecule has 0 spiro atoms. The monoisotopic (exact) mass is 422 g/mol. The van der Waals surface area contributed by atoms with Crippen molar-refractivity contribution in [3.63, 3.8) is 0 Å². The van der Waals surface area contributed by atoms with E-state index in [-0.39, 0.29) is 23.2 Å². The molecule has 0 radical (unpaired) electrons. The van der Waals surface area contributed by atoms with E-state index in [1.54, 1.807) is 12.1 Å².